The zero-order valence-corrected chi connectivity index (χ0v) is 10.5. The number of rotatable bonds is 3. The highest BCUT2D eigenvalue weighted by molar-refractivity contribution is 14.1. The van der Waals surface area contributed by atoms with Gasteiger partial charge in [-0.1, -0.05) is 0 Å². The molecule has 82 valence electrons. The number of hydrogen-bond donors (Lipinski definition) is 0. The van der Waals surface area contributed by atoms with Gasteiger partial charge in [-0.15, -0.1) is 0 Å². The van der Waals surface area contributed by atoms with Crippen LogP contribution in [-0.2, 0) is 11.3 Å². The first-order valence-corrected chi connectivity index (χ1v) is 6.18. The zero-order chi connectivity index (χ0) is 10.7. The molecule has 1 fully saturated rings. The lowest BCUT2D eigenvalue weighted by Crippen LogP contribution is -2.24. The first-order valence-electron chi connectivity index (χ1n) is 5.10. The Morgan fingerprint density at radius 2 is 2.53 bits per heavy atom. The summed E-state index contributed by atoms with van der Waals surface area (Å²) in [4.78, 5) is 11.5. The predicted molar refractivity (Wildman–Crippen MR) is 64.8 cm³/mol. The molecule has 1 atom stereocenters. The van der Waals surface area contributed by atoms with Crippen LogP contribution in [0.1, 0.15) is 19.3 Å². The molecule has 0 bridgehead atoms. The quantitative estimate of drug-likeness (QED) is 0.791. The Kier molecular flexibility index (Phi) is 3.74. The van der Waals surface area contributed by atoms with Crippen molar-refractivity contribution in [1.82, 2.24) is 9.78 Å². The fraction of sp³-hybridized carbons (Fsp3) is 0.600. The van der Waals surface area contributed by atoms with E-state index in [9.17, 15) is 4.79 Å². The van der Waals surface area contributed by atoms with Crippen molar-refractivity contribution in [3.05, 3.63) is 26.2 Å². The van der Waals surface area contributed by atoms with Crippen molar-refractivity contribution in [2.24, 2.45) is 0 Å². The summed E-state index contributed by atoms with van der Waals surface area (Å²) in [5.41, 5.74) is -0.0279. The highest BCUT2D eigenvalue weighted by Gasteiger charge is 2.15. The highest BCUT2D eigenvalue weighted by atomic mass is 127. The molecule has 1 unspecified atom stereocenters. The van der Waals surface area contributed by atoms with Crippen LogP contribution in [0.4, 0.5) is 0 Å². The molecule has 0 radical (unpaired) electrons. The lowest BCUT2D eigenvalue weighted by molar-refractivity contribution is 0.0990. The molecule has 1 aliphatic heterocycles. The molecule has 0 aromatic carbocycles. The second kappa shape index (κ2) is 5.07. The average Bonchev–Trinajstić information content (AvgIpc) is 2.69. The molecule has 1 saturated heterocycles. The molecule has 0 aliphatic carbocycles. The molecule has 0 spiro atoms. The van der Waals surface area contributed by atoms with E-state index in [2.05, 4.69) is 27.7 Å². The van der Waals surface area contributed by atoms with E-state index in [1.54, 1.807) is 12.3 Å². The van der Waals surface area contributed by atoms with Gasteiger partial charge in [0.2, 0.25) is 0 Å². The Morgan fingerprint density at radius 1 is 1.67 bits per heavy atom. The van der Waals surface area contributed by atoms with Gasteiger partial charge < -0.3 is 4.74 Å². The van der Waals surface area contributed by atoms with Gasteiger partial charge in [0.25, 0.3) is 5.56 Å². The summed E-state index contributed by atoms with van der Waals surface area (Å²) in [6.45, 7) is 1.51. The maximum Gasteiger partial charge on any atom is 0.267 e. The molecule has 0 saturated carbocycles. The number of hydrogen-bond acceptors (Lipinski definition) is 3. The first-order chi connectivity index (χ1) is 7.25. The molecule has 4 nitrogen and oxygen atoms in total. The summed E-state index contributed by atoms with van der Waals surface area (Å²) in [7, 11) is 0. The molecule has 1 aromatic heterocycles. The topological polar surface area (TPSA) is 44.1 Å². The largest absolute Gasteiger partial charge is 0.378 e. The van der Waals surface area contributed by atoms with Crippen LogP contribution in [0.15, 0.2) is 17.1 Å². The molecule has 1 aromatic rings. The van der Waals surface area contributed by atoms with Crippen LogP contribution in [-0.4, -0.2) is 22.5 Å². The van der Waals surface area contributed by atoms with Crippen LogP contribution in [0.25, 0.3) is 0 Å². The predicted octanol–water partition coefficient (Wildman–Crippen LogP) is 1.42. The molecule has 1 aliphatic rings. The van der Waals surface area contributed by atoms with Gasteiger partial charge >= 0.3 is 0 Å². The lowest BCUT2D eigenvalue weighted by atomic mass is 10.2. The van der Waals surface area contributed by atoms with Crippen molar-refractivity contribution < 1.29 is 4.74 Å². The van der Waals surface area contributed by atoms with Crippen LogP contribution in [0.3, 0.4) is 0 Å². The summed E-state index contributed by atoms with van der Waals surface area (Å²) in [6, 6.07) is 1.60. The SMILES string of the molecule is O=c1cc(I)cnn1CCC1CCCO1. The van der Waals surface area contributed by atoms with Crippen molar-refractivity contribution in [3.63, 3.8) is 0 Å². The number of aryl methyl sites for hydroxylation is 1. The van der Waals surface area contributed by atoms with Crippen molar-refractivity contribution in [2.75, 3.05) is 6.61 Å². The molecular formula is C10H13IN2O2. The third kappa shape index (κ3) is 3.01. The van der Waals surface area contributed by atoms with Gasteiger partial charge in [-0.25, -0.2) is 4.68 Å². The second-order valence-electron chi connectivity index (χ2n) is 3.66. The fourth-order valence-electron chi connectivity index (χ4n) is 1.72. The average molecular weight is 320 g/mol. The normalized spacial score (nSPS) is 20.7. The first kappa shape index (κ1) is 11.1. The minimum atomic E-state index is -0.0279. The van der Waals surface area contributed by atoms with Gasteiger partial charge in [0, 0.05) is 22.8 Å². The maximum atomic E-state index is 11.5. The second-order valence-corrected chi connectivity index (χ2v) is 4.90. The summed E-state index contributed by atoms with van der Waals surface area (Å²) in [5.74, 6) is 0. The van der Waals surface area contributed by atoms with Crippen molar-refractivity contribution in [2.45, 2.75) is 31.9 Å². The van der Waals surface area contributed by atoms with E-state index in [1.807, 2.05) is 0 Å². The van der Waals surface area contributed by atoms with Crippen molar-refractivity contribution in [3.8, 4) is 0 Å². The van der Waals surface area contributed by atoms with Gasteiger partial charge in [-0.2, -0.15) is 5.10 Å². The Morgan fingerprint density at radius 3 is 3.20 bits per heavy atom. The molecule has 0 N–H and O–H groups in total. The summed E-state index contributed by atoms with van der Waals surface area (Å²) < 4.78 is 7.88. The third-order valence-corrected chi connectivity index (χ3v) is 3.11. The summed E-state index contributed by atoms with van der Waals surface area (Å²) in [5, 5.41) is 4.08. The minimum absolute atomic E-state index is 0.0279. The monoisotopic (exact) mass is 320 g/mol. The van der Waals surface area contributed by atoms with Gasteiger partial charge in [0.1, 0.15) is 0 Å². The molecule has 2 heterocycles. The molecule has 5 heteroatoms. The van der Waals surface area contributed by atoms with Gasteiger partial charge in [-0.3, -0.25) is 4.79 Å². The molecule has 0 amide bonds. The number of halogens is 1. The van der Waals surface area contributed by atoms with Gasteiger partial charge in [-0.05, 0) is 41.9 Å². The third-order valence-electron chi connectivity index (χ3n) is 2.52. The van der Waals surface area contributed by atoms with Crippen LogP contribution >= 0.6 is 22.6 Å². The zero-order valence-electron chi connectivity index (χ0n) is 8.36. The van der Waals surface area contributed by atoms with E-state index in [4.69, 9.17) is 4.74 Å². The summed E-state index contributed by atoms with van der Waals surface area (Å²) in [6.07, 6.45) is 5.15. The van der Waals surface area contributed by atoms with E-state index in [0.717, 1.165) is 29.4 Å². The number of aromatic nitrogens is 2. The Bertz CT molecular complexity index is 385. The van der Waals surface area contributed by atoms with Gasteiger partial charge in [0.15, 0.2) is 0 Å². The van der Waals surface area contributed by atoms with Crippen LogP contribution in [0, 0.1) is 3.57 Å². The smallest absolute Gasteiger partial charge is 0.267 e. The number of ether oxygens (including phenoxy) is 1. The number of nitrogens with zero attached hydrogens (tertiary/aromatic N) is 2. The van der Waals surface area contributed by atoms with Crippen molar-refractivity contribution in [1.29, 1.82) is 0 Å². The highest BCUT2D eigenvalue weighted by Crippen LogP contribution is 2.15. The summed E-state index contributed by atoms with van der Waals surface area (Å²) >= 11 is 2.09. The standard InChI is InChI=1S/C10H13IN2O2/c11-8-6-10(14)13(12-7-8)4-3-9-2-1-5-15-9/h6-7,9H,1-5H2. The molecule has 15 heavy (non-hydrogen) atoms. The van der Waals surface area contributed by atoms with Crippen molar-refractivity contribution >= 4 is 22.6 Å². The van der Waals surface area contributed by atoms with Gasteiger partial charge in [0.05, 0.1) is 12.3 Å². The Balaban J connectivity index is 1.95. The van der Waals surface area contributed by atoms with Crippen LogP contribution < -0.4 is 5.56 Å². The molecular weight excluding hydrogens is 307 g/mol. The van der Waals surface area contributed by atoms with E-state index in [-0.39, 0.29) is 5.56 Å². The van der Waals surface area contributed by atoms with E-state index in [1.165, 1.54) is 4.68 Å². The van der Waals surface area contributed by atoms with E-state index >= 15 is 0 Å². The van der Waals surface area contributed by atoms with Crippen LogP contribution in [0.5, 0.6) is 0 Å². The Hall–Kier alpha value is -0.430. The Labute approximate surface area is 102 Å². The van der Waals surface area contributed by atoms with E-state index < -0.39 is 0 Å². The maximum absolute atomic E-state index is 11.5. The minimum Gasteiger partial charge on any atom is -0.378 e. The van der Waals surface area contributed by atoms with Crippen LogP contribution in [0.2, 0.25) is 0 Å². The fourth-order valence-corrected chi connectivity index (χ4v) is 2.11. The lowest BCUT2D eigenvalue weighted by Gasteiger charge is -2.09. The molecule has 2 rings (SSSR count). The van der Waals surface area contributed by atoms with E-state index in [0.29, 0.717) is 12.6 Å².